The highest BCUT2D eigenvalue weighted by Gasteiger charge is 2.49. The maximum atomic E-state index is 10.6. The average Bonchev–Trinajstić information content (AvgIpc) is 3.32. The molecule has 3 N–H and O–H groups in total. The van der Waals surface area contributed by atoms with E-state index in [9.17, 15) is 39.5 Å². The maximum Gasteiger partial charge on any atom is 0.490 e. The van der Waals surface area contributed by atoms with Crippen LogP contribution < -0.4 is 4.74 Å². The number of likely N-dealkylation sites (N-methyl/N-ethyl adjacent to an activating group) is 1. The molecular weight excluding hydrogens is 671 g/mol. The summed E-state index contributed by atoms with van der Waals surface area (Å²) in [6.07, 6.45) is -11.0. The molecule has 21 heteroatoms. The van der Waals surface area contributed by atoms with Gasteiger partial charge in [0.15, 0.2) is 0 Å². The summed E-state index contributed by atoms with van der Waals surface area (Å²) < 4.78 is 101. The third-order valence-corrected chi connectivity index (χ3v) is 7.35. The molecule has 46 heavy (non-hydrogen) atoms. The number of piperidine rings is 1. The van der Waals surface area contributed by atoms with E-state index < -0.39 is 36.4 Å². The summed E-state index contributed by atoms with van der Waals surface area (Å²) in [5.74, 6) is -6.91. The molecule has 0 aromatic carbocycles. The first-order valence-corrected chi connectivity index (χ1v) is 13.6. The summed E-state index contributed by atoms with van der Waals surface area (Å²) in [6, 6.07) is 5.84. The lowest BCUT2D eigenvalue weighted by molar-refractivity contribution is -0.193. The van der Waals surface area contributed by atoms with Gasteiger partial charge in [0.2, 0.25) is 5.88 Å². The lowest BCUT2D eigenvalue weighted by atomic mass is 9.75. The molecule has 4 heterocycles. The van der Waals surface area contributed by atoms with Gasteiger partial charge >= 0.3 is 36.4 Å². The summed E-state index contributed by atoms with van der Waals surface area (Å²) >= 11 is 1.78. The van der Waals surface area contributed by atoms with E-state index in [1.54, 1.807) is 17.5 Å². The summed E-state index contributed by atoms with van der Waals surface area (Å²) in [5, 5.41) is 21.4. The number of carboxylic acids is 3. The molecule has 1 spiro atoms. The van der Waals surface area contributed by atoms with E-state index in [-0.39, 0.29) is 0 Å². The number of aryl methyl sites for hydroxylation is 1. The highest BCUT2D eigenvalue weighted by molar-refractivity contribution is 7.09. The van der Waals surface area contributed by atoms with E-state index in [2.05, 4.69) is 33.7 Å². The maximum absolute atomic E-state index is 10.6. The molecule has 2 aromatic rings. The number of hydrogen-bond donors (Lipinski definition) is 3. The fraction of sp³-hybridized carbons (Fsp3) is 0.560. The summed E-state index contributed by atoms with van der Waals surface area (Å²) in [7, 11) is 2.28. The Bertz CT molecular complexity index is 1210. The van der Waals surface area contributed by atoms with Gasteiger partial charge in [0.05, 0.1) is 17.8 Å². The Morgan fingerprint density at radius 1 is 0.935 bits per heavy atom. The number of carbonyl (C=O) groups is 3. The van der Waals surface area contributed by atoms with Crippen molar-refractivity contribution in [3.63, 3.8) is 0 Å². The molecule has 11 nitrogen and oxygen atoms in total. The monoisotopic (exact) mass is 700 g/mol. The number of nitrogens with zero attached hydrogens (tertiary/aromatic N) is 4. The summed E-state index contributed by atoms with van der Waals surface area (Å²) in [6.45, 7) is 7.40. The van der Waals surface area contributed by atoms with Crippen molar-refractivity contribution in [3.05, 3.63) is 40.5 Å². The second-order valence-electron chi connectivity index (χ2n) is 9.90. The predicted octanol–water partition coefficient (Wildman–Crippen LogP) is 4.72. The van der Waals surface area contributed by atoms with Crippen LogP contribution in [0.1, 0.15) is 23.4 Å². The lowest BCUT2D eigenvalue weighted by Gasteiger charge is -2.58. The van der Waals surface area contributed by atoms with Crippen molar-refractivity contribution < 1.29 is 74.0 Å². The Balaban J connectivity index is 0.000000413. The minimum absolute atomic E-state index is 0.328. The first kappa shape index (κ1) is 40.3. The van der Waals surface area contributed by atoms with E-state index >= 15 is 0 Å². The zero-order chi connectivity index (χ0) is 35.5. The van der Waals surface area contributed by atoms with Gasteiger partial charge in [-0.3, -0.25) is 9.80 Å². The Morgan fingerprint density at radius 3 is 1.83 bits per heavy atom. The van der Waals surface area contributed by atoms with Crippen LogP contribution in [0, 0.1) is 12.8 Å². The zero-order valence-corrected chi connectivity index (χ0v) is 24.8. The van der Waals surface area contributed by atoms with Gasteiger partial charge in [0, 0.05) is 42.3 Å². The fourth-order valence-corrected chi connectivity index (χ4v) is 4.95. The van der Waals surface area contributed by atoms with Crippen molar-refractivity contribution in [2.45, 2.75) is 50.4 Å². The topological polar surface area (TPSA) is 153 Å². The van der Waals surface area contributed by atoms with Gasteiger partial charge in [0.25, 0.3) is 0 Å². The smallest absolute Gasteiger partial charge is 0.477 e. The van der Waals surface area contributed by atoms with Crippen LogP contribution in [0.15, 0.2) is 29.9 Å². The van der Waals surface area contributed by atoms with E-state index in [1.807, 2.05) is 23.7 Å². The van der Waals surface area contributed by atoms with Crippen LogP contribution in [-0.2, 0) is 20.9 Å². The lowest BCUT2D eigenvalue weighted by Crippen LogP contribution is -2.71. The number of rotatable bonds is 5. The first-order chi connectivity index (χ1) is 21.0. The van der Waals surface area contributed by atoms with E-state index in [0.29, 0.717) is 11.5 Å². The van der Waals surface area contributed by atoms with Crippen molar-refractivity contribution in [1.82, 2.24) is 19.8 Å². The molecule has 260 valence electrons. The molecular formula is C25H29F9N4O7S. The van der Waals surface area contributed by atoms with Crippen molar-refractivity contribution in [3.8, 4) is 5.88 Å². The molecule has 2 aliphatic rings. The van der Waals surface area contributed by atoms with Crippen LogP contribution in [0.25, 0.3) is 0 Å². The number of pyridine rings is 1. The largest absolute Gasteiger partial charge is 0.490 e. The third-order valence-electron chi connectivity index (χ3n) is 6.43. The van der Waals surface area contributed by atoms with Crippen molar-refractivity contribution >= 4 is 29.2 Å². The number of ether oxygens (including phenoxy) is 1. The van der Waals surface area contributed by atoms with Crippen molar-refractivity contribution in [2.75, 3.05) is 33.3 Å². The highest BCUT2D eigenvalue weighted by Crippen LogP contribution is 2.39. The molecule has 4 rings (SSSR count). The van der Waals surface area contributed by atoms with Gasteiger partial charge in [-0.15, -0.1) is 11.3 Å². The van der Waals surface area contributed by atoms with Gasteiger partial charge < -0.3 is 20.1 Å². The van der Waals surface area contributed by atoms with Crippen molar-refractivity contribution in [2.24, 2.45) is 5.92 Å². The van der Waals surface area contributed by atoms with Gasteiger partial charge in [-0.2, -0.15) is 39.5 Å². The fourth-order valence-electron chi connectivity index (χ4n) is 4.14. The van der Waals surface area contributed by atoms with E-state index in [0.717, 1.165) is 38.7 Å². The summed E-state index contributed by atoms with van der Waals surface area (Å²) in [4.78, 5) is 41.9. The first-order valence-electron chi connectivity index (χ1n) is 12.7. The molecule has 0 bridgehead atoms. The molecule has 0 amide bonds. The normalized spacial score (nSPS) is 17.9. The molecule has 2 fully saturated rings. The number of carboxylic acid groups (broad SMARTS) is 3. The average molecular weight is 701 g/mol. The zero-order valence-electron chi connectivity index (χ0n) is 24.0. The Hall–Kier alpha value is -3.72. The highest BCUT2D eigenvalue weighted by atomic mass is 32.1. The molecule has 2 aromatic heterocycles. The van der Waals surface area contributed by atoms with Gasteiger partial charge in [-0.1, -0.05) is 6.07 Å². The Morgan fingerprint density at radius 2 is 1.43 bits per heavy atom. The quantitative estimate of drug-likeness (QED) is 0.372. The Labute approximate surface area is 259 Å². The number of thiazole rings is 1. The number of aliphatic carboxylic acids is 3. The minimum atomic E-state index is -5.08. The van der Waals surface area contributed by atoms with Gasteiger partial charge in [0.1, 0.15) is 0 Å². The van der Waals surface area contributed by atoms with Crippen molar-refractivity contribution in [1.29, 1.82) is 0 Å². The van der Waals surface area contributed by atoms with Gasteiger partial charge in [-0.25, -0.2) is 24.4 Å². The molecule has 0 saturated carbocycles. The molecule has 0 radical (unpaired) electrons. The number of halogens is 9. The number of alkyl halides is 9. The standard InChI is InChI=1S/C19H26N4OS.3C2HF3O2/c1-15-17(25-14-21-15)10-23-12-19(13-23)9-16(6-8-22(19)2)11-24-18-5-3-4-7-20-18;3*3-2(4,5)1(6)7/h3-5,7,14,16H,6,8-13H2,1-2H3;3*(H,6,7). The Kier molecular flexibility index (Phi) is 14.7. The number of likely N-dealkylation sites (tertiary alicyclic amines) is 2. The van der Waals surface area contributed by atoms with Crippen LogP contribution in [0.4, 0.5) is 39.5 Å². The van der Waals surface area contributed by atoms with Crippen LogP contribution in [0.5, 0.6) is 5.88 Å². The summed E-state index contributed by atoms with van der Waals surface area (Å²) in [5.41, 5.74) is 3.47. The van der Waals surface area contributed by atoms with E-state index in [4.69, 9.17) is 34.4 Å². The van der Waals surface area contributed by atoms with E-state index in [1.165, 1.54) is 23.4 Å². The van der Waals surface area contributed by atoms with Gasteiger partial charge in [-0.05, 0) is 45.3 Å². The number of hydrogen-bond acceptors (Lipinski definition) is 9. The molecule has 2 saturated heterocycles. The molecule has 1 atom stereocenters. The second kappa shape index (κ2) is 16.7. The SMILES string of the molecule is Cc1ncsc1CN1CC2(CC(COc3ccccn3)CCN2C)C1.O=C(O)C(F)(F)F.O=C(O)C(F)(F)F.O=C(O)C(F)(F)F. The van der Waals surface area contributed by atoms with Crippen LogP contribution in [0.2, 0.25) is 0 Å². The number of aromatic nitrogens is 2. The molecule has 0 aliphatic carbocycles. The van der Waals surface area contributed by atoms with Crippen LogP contribution >= 0.6 is 11.3 Å². The second-order valence-corrected chi connectivity index (χ2v) is 10.8. The van der Waals surface area contributed by atoms with Crippen LogP contribution in [0.3, 0.4) is 0 Å². The third kappa shape index (κ3) is 13.7. The predicted molar refractivity (Wildman–Crippen MR) is 141 cm³/mol. The minimum Gasteiger partial charge on any atom is -0.477 e. The van der Waals surface area contributed by atoms with Crippen LogP contribution in [-0.4, -0.2) is 110 Å². The molecule has 1 unspecified atom stereocenters. The molecule has 2 aliphatic heterocycles.